The molecule has 3 heterocycles. The van der Waals surface area contributed by atoms with Crippen molar-refractivity contribution < 1.29 is 28.4 Å². The number of aromatic nitrogens is 2. The summed E-state index contributed by atoms with van der Waals surface area (Å²) in [6.45, 7) is 9.02. The van der Waals surface area contributed by atoms with E-state index >= 15 is 0 Å². The van der Waals surface area contributed by atoms with E-state index in [1.807, 2.05) is 27.7 Å². The second-order valence-electron chi connectivity index (χ2n) is 9.61. The van der Waals surface area contributed by atoms with E-state index in [1.54, 1.807) is 29.1 Å². The van der Waals surface area contributed by atoms with Crippen molar-refractivity contribution in [2.45, 2.75) is 57.8 Å². The van der Waals surface area contributed by atoms with Gasteiger partial charge in [0, 0.05) is 18.5 Å². The number of primary amides is 1. The summed E-state index contributed by atoms with van der Waals surface area (Å²) in [7, 11) is 0.579. The Balaban J connectivity index is 1.65. The molecular formula is C23H31BN4O6. The van der Waals surface area contributed by atoms with Gasteiger partial charge in [-0.15, -0.1) is 0 Å². The van der Waals surface area contributed by atoms with Crippen LogP contribution in [0.4, 0.5) is 11.5 Å². The number of nitrogens with one attached hydrogen (secondary N) is 1. The summed E-state index contributed by atoms with van der Waals surface area (Å²) in [6, 6.07) is 5.16. The van der Waals surface area contributed by atoms with Gasteiger partial charge in [-0.05, 0) is 58.1 Å². The third-order valence-corrected chi connectivity index (χ3v) is 6.74. The van der Waals surface area contributed by atoms with E-state index in [9.17, 15) is 9.59 Å². The standard InChI is InChI=1S/C23H31BN4O6/c1-22(2)23(3,4)34-24(33-22)18-9-8-14(11-16(18)21(30)31-5)26-20-17(19(25)29)12-28(27-20)15-7-6-10-32-13-15/h8-9,11-12,15H,6-7,10,13H2,1-5H3,(H2,25,29)(H,26,27). The quantitative estimate of drug-likeness (QED) is 0.486. The molecule has 2 saturated heterocycles. The minimum atomic E-state index is -0.736. The second kappa shape index (κ2) is 9.05. The molecule has 4 rings (SSSR count). The van der Waals surface area contributed by atoms with Crippen molar-refractivity contribution in [3.05, 3.63) is 35.5 Å². The normalized spacial score (nSPS) is 21.3. The van der Waals surface area contributed by atoms with Gasteiger partial charge in [-0.3, -0.25) is 9.48 Å². The zero-order valence-electron chi connectivity index (χ0n) is 20.2. The van der Waals surface area contributed by atoms with Crippen LogP contribution in [0.25, 0.3) is 0 Å². The van der Waals surface area contributed by atoms with E-state index in [0.29, 0.717) is 23.6 Å². The van der Waals surface area contributed by atoms with Crippen LogP contribution < -0.4 is 16.5 Å². The number of esters is 1. The number of amides is 1. The lowest BCUT2D eigenvalue weighted by molar-refractivity contribution is 0.00578. The fraction of sp³-hybridized carbons (Fsp3) is 0.522. The summed E-state index contributed by atoms with van der Waals surface area (Å²) >= 11 is 0. The highest BCUT2D eigenvalue weighted by Crippen LogP contribution is 2.37. The first-order valence-electron chi connectivity index (χ1n) is 11.3. The summed E-state index contributed by atoms with van der Waals surface area (Å²) < 4.78 is 24.5. The largest absolute Gasteiger partial charge is 0.495 e. The molecule has 3 N–H and O–H groups in total. The van der Waals surface area contributed by atoms with Crippen LogP contribution in [0.5, 0.6) is 0 Å². The molecule has 34 heavy (non-hydrogen) atoms. The van der Waals surface area contributed by atoms with Crippen LogP contribution in [-0.2, 0) is 18.8 Å². The van der Waals surface area contributed by atoms with Gasteiger partial charge in [-0.1, -0.05) is 6.07 Å². The molecule has 2 fully saturated rings. The number of methoxy groups -OCH3 is 1. The maximum Gasteiger partial charge on any atom is 0.495 e. The fourth-order valence-corrected chi connectivity index (χ4v) is 4.02. The third kappa shape index (κ3) is 4.55. The Morgan fingerprint density at radius 1 is 1.21 bits per heavy atom. The molecule has 2 aliphatic heterocycles. The van der Waals surface area contributed by atoms with Crippen molar-refractivity contribution in [2.75, 3.05) is 25.6 Å². The monoisotopic (exact) mass is 470 g/mol. The van der Waals surface area contributed by atoms with Crippen LogP contribution in [0.3, 0.4) is 0 Å². The average molecular weight is 470 g/mol. The molecule has 10 nitrogen and oxygen atoms in total. The van der Waals surface area contributed by atoms with Crippen LogP contribution >= 0.6 is 0 Å². The first-order chi connectivity index (χ1) is 16.0. The number of benzene rings is 1. The van der Waals surface area contributed by atoms with E-state index in [2.05, 4.69) is 10.4 Å². The summed E-state index contributed by atoms with van der Waals surface area (Å²) in [5.74, 6) is -0.835. The molecule has 1 aromatic carbocycles. The van der Waals surface area contributed by atoms with Crippen LogP contribution in [-0.4, -0.2) is 60.3 Å². The van der Waals surface area contributed by atoms with Gasteiger partial charge >= 0.3 is 13.1 Å². The zero-order chi connectivity index (χ0) is 24.7. The van der Waals surface area contributed by atoms with Crippen molar-refractivity contribution in [1.82, 2.24) is 9.78 Å². The van der Waals surface area contributed by atoms with Gasteiger partial charge in [-0.2, -0.15) is 5.10 Å². The number of carbonyl (C=O) groups excluding carboxylic acids is 2. The van der Waals surface area contributed by atoms with Gasteiger partial charge in [-0.25, -0.2) is 4.79 Å². The number of hydrogen-bond donors (Lipinski definition) is 2. The molecule has 182 valence electrons. The van der Waals surface area contributed by atoms with Crippen molar-refractivity contribution >= 4 is 36.0 Å². The van der Waals surface area contributed by atoms with Gasteiger partial charge in [0.15, 0.2) is 5.82 Å². The Kier molecular flexibility index (Phi) is 6.45. The average Bonchev–Trinajstić information content (AvgIpc) is 3.31. The molecule has 0 saturated carbocycles. The number of nitrogens with two attached hydrogens (primary N) is 1. The van der Waals surface area contributed by atoms with Crippen LogP contribution in [0, 0.1) is 0 Å². The van der Waals surface area contributed by atoms with Gasteiger partial charge in [0.05, 0.1) is 36.5 Å². The molecule has 2 aliphatic rings. The van der Waals surface area contributed by atoms with Crippen LogP contribution in [0.15, 0.2) is 24.4 Å². The van der Waals surface area contributed by atoms with Crippen molar-refractivity contribution in [2.24, 2.45) is 5.73 Å². The number of rotatable bonds is 6. The smallest absolute Gasteiger partial charge is 0.465 e. The fourth-order valence-electron chi connectivity index (χ4n) is 4.02. The maximum absolute atomic E-state index is 12.6. The minimum absolute atomic E-state index is 0.0266. The van der Waals surface area contributed by atoms with Crippen LogP contribution in [0.1, 0.15) is 67.3 Å². The number of ether oxygens (including phenoxy) is 2. The number of hydrogen-bond acceptors (Lipinski definition) is 8. The molecule has 1 aromatic heterocycles. The molecule has 0 radical (unpaired) electrons. The van der Waals surface area contributed by atoms with Gasteiger partial charge < -0.3 is 29.8 Å². The van der Waals surface area contributed by atoms with Gasteiger partial charge in [0.25, 0.3) is 5.91 Å². The molecule has 1 amide bonds. The van der Waals surface area contributed by atoms with E-state index in [4.69, 9.17) is 24.5 Å². The lowest BCUT2D eigenvalue weighted by Gasteiger charge is -2.32. The minimum Gasteiger partial charge on any atom is -0.465 e. The Morgan fingerprint density at radius 3 is 2.50 bits per heavy atom. The third-order valence-electron chi connectivity index (χ3n) is 6.74. The maximum atomic E-state index is 12.6. The highest BCUT2D eigenvalue weighted by molar-refractivity contribution is 6.63. The molecular weight excluding hydrogens is 439 g/mol. The summed E-state index contributed by atoms with van der Waals surface area (Å²) in [4.78, 5) is 24.7. The lowest BCUT2D eigenvalue weighted by Crippen LogP contribution is -2.41. The van der Waals surface area contributed by atoms with Crippen molar-refractivity contribution in [3.63, 3.8) is 0 Å². The van der Waals surface area contributed by atoms with E-state index in [1.165, 1.54) is 7.11 Å². The predicted molar refractivity (Wildman–Crippen MR) is 127 cm³/mol. The molecule has 0 bridgehead atoms. The van der Waals surface area contributed by atoms with Crippen molar-refractivity contribution in [1.29, 1.82) is 0 Å². The number of carbonyl (C=O) groups is 2. The highest BCUT2D eigenvalue weighted by Gasteiger charge is 2.52. The van der Waals surface area contributed by atoms with Gasteiger partial charge in [0.2, 0.25) is 0 Å². The van der Waals surface area contributed by atoms with Crippen LogP contribution in [0.2, 0.25) is 0 Å². The Labute approximate surface area is 199 Å². The zero-order valence-corrected chi connectivity index (χ0v) is 20.2. The summed E-state index contributed by atoms with van der Waals surface area (Å²) in [5.41, 5.74) is 6.10. The summed E-state index contributed by atoms with van der Waals surface area (Å²) in [6.07, 6.45) is 3.45. The molecule has 11 heteroatoms. The Bertz CT molecular complexity index is 1080. The molecule has 1 unspecified atom stereocenters. The molecule has 1 atom stereocenters. The van der Waals surface area contributed by atoms with E-state index < -0.39 is 30.2 Å². The molecule has 0 aliphatic carbocycles. The second-order valence-corrected chi connectivity index (χ2v) is 9.61. The van der Waals surface area contributed by atoms with E-state index in [-0.39, 0.29) is 17.2 Å². The topological polar surface area (TPSA) is 127 Å². The summed E-state index contributed by atoms with van der Waals surface area (Å²) in [5, 5.41) is 7.66. The van der Waals surface area contributed by atoms with Gasteiger partial charge in [0.1, 0.15) is 5.56 Å². The van der Waals surface area contributed by atoms with E-state index in [0.717, 1.165) is 19.4 Å². The first kappa shape index (κ1) is 24.2. The Hall–Kier alpha value is -2.89. The lowest BCUT2D eigenvalue weighted by atomic mass is 9.75. The first-order valence-corrected chi connectivity index (χ1v) is 11.3. The predicted octanol–water partition coefficient (Wildman–Crippen LogP) is 2.16. The molecule has 0 spiro atoms. The van der Waals surface area contributed by atoms with Crippen molar-refractivity contribution in [3.8, 4) is 0 Å². The Morgan fingerprint density at radius 2 is 1.91 bits per heavy atom. The highest BCUT2D eigenvalue weighted by atomic mass is 16.7. The number of anilines is 2. The molecule has 2 aromatic rings. The SMILES string of the molecule is COC(=O)c1cc(Nc2nn(C3CCCOC3)cc2C(N)=O)ccc1B1OC(C)(C)C(C)(C)O1. The number of nitrogens with zero attached hydrogens (tertiary/aromatic N) is 2.